The van der Waals surface area contributed by atoms with Gasteiger partial charge in [0.15, 0.2) is 0 Å². The summed E-state index contributed by atoms with van der Waals surface area (Å²) in [4.78, 5) is 24.0. The fourth-order valence-electron chi connectivity index (χ4n) is 2.54. The molecule has 0 aromatic heterocycles. The predicted octanol–water partition coefficient (Wildman–Crippen LogP) is 3.21. The first kappa shape index (κ1) is 21.4. The minimum absolute atomic E-state index is 0.0630. The summed E-state index contributed by atoms with van der Waals surface area (Å²) in [5.74, 6) is -0.376. The number of rotatable bonds is 7. The van der Waals surface area contributed by atoms with Gasteiger partial charge in [0.25, 0.3) is 5.91 Å². The minimum Gasteiger partial charge on any atom is -0.346 e. The molecule has 0 aliphatic heterocycles. The molecule has 3 N–H and O–H groups in total. The van der Waals surface area contributed by atoms with Crippen LogP contribution in [0, 0.1) is 6.92 Å². The summed E-state index contributed by atoms with van der Waals surface area (Å²) >= 11 is 0. The third-order valence-electron chi connectivity index (χ3n) is 4.16. The van der Waals surface area contributed by atoms with Crippen molar-refractivity contribution >= 4 is 33.2 Å². The number of carbonyl (C=O) groups excluding carboxylic acids is 2. The summed E-state index contributed by atoms with van der Waals surface area (Å²) in [6.07, 6.45) is 1.47. The van der Waals surface area contributed by atoms with Crippen molar-refractivity contribution in [1.82, 2.24) is 5.32 Å². The molecule has 0 spiro atoms. The molecule has 0 saturated carbocycles. The number of benzene rings is 2. The van der Waals surface area contributed by atoms with Crippen LogP contribution in [-0.4, -0.2) is 26.5 Å². The Hall–Kier alpha value is -2.87. The summed E-state index contributed by atoms with van der Waals surface area (Å²) in [5, 5.41) is 5.66. The van der Waals surface area contributed by atoms with Crippen molar-refractivity contribution in [3.8, 4) is 0 Å². The van der Waals surface area contributed by atoms with E-state index in [-0.39, 0.29) is 17.9 Å². The minimum atomic E-state index is -3.43. The monoisotopic (exact) mass is 403 g/mol. The van der Waals surface area contributed by atoms with Gasteiger partial charge in [-0.3, -0.25) is 14.3 Å². The van der Waals surface area contributed by atoms with Crippen LogP contribution in [0.4, 0.5) is 11.4 Å². The lowest BCUT2D eigenvalue weighted by Gasteiger charge is -2.16. The molecule has 2 aromatic carbocycles. The van der Waals surface area contributed by atoms with E-state index in [1.54, 1.807) is 38.1 Å². The van der Waals surface area contributed by atoms with Gasteiger partial charge in [-0.1, -0.05) is 25.1 Å². The molecule has 150 valence electrons. The summed E-state index contributed by atoms with van der Waals surface area (Å²) in [6, 6.07) is 11.8. The van der Waals surface area contributed by atoms with Gasteiger partial charge < -0.3 is 10.6 Å². The van der Waals surface area contributed by atoms with Gasteiger partial charge in [-0.05, 0) is 49.2 Å². The van der Waals surface area contributed by atoms with E-state index >= 15 is 0 Å². The molecule has 2 rings (SSSR count). The lowest BCUT2D eigenvalue weighted by atomic mass is 10.1. The number of hydrogen-bond acceptors (Lipinski definition) is 4. The number of carbonyl (C=O) groups is 2. The number of hydrogen-bond donors (Lipinski definition) is 3. The van der Waals surface area contributed by atoms with E-state index < -0.39 is 10.0 Å². The maximum absolute atomic E-state index is 12.6. The molecular weight excluding hydrogens is 378 g/mol. The first-order valence-electron chi connectivity index (χ1n) is 8.88. The highest BCUT2D eigenvalue weighted by molar-refractivity contribution is 7.92. The van der Waals surface area contributed by atoms with Crippen LogP contribution in [-0.2, 0) is 14.8 Å². The molecule has 2 amide bonds. The van der Waals surface area contributed by atoms with E-state index in [0.717, 1.165) is 17.4 Å². The van der Waals surface area contributed by atoms with Crippen LogP contribution >= 0.6 is 0 Å². The normalized spacial score (nSPS) is 12.1. The topological polar surface area (TPSA) is 104 Å². The third-order valence-corrected chi connectivity index (χ3v) is 4.75. The van der Waals surface area contributed by atoms with Crippen LogP contribution in [0.3, 0.4) is 0 Å². The average molecular weight is 404 g/mol. The van der Waals surface area contributed by atoms with E-state index in [1.165, 1.54) is 6.07 Å². The highest BCUT2D eigenvalue weighted by atomic mass is 32.2. The summed E-state index contributed by atoms with van der Waals surface area (Å²) < 4.78 is 25.4. The van der Waals surface area contributed by atoms with E-state index in [1.807, 2.05) is 19.1 Å². The SMILES string of the molecule is CCC(=O)Nc1ccc(C(C)NC(=O)c2ccc(C)c(NS(C)(=O)=O)c2)cc1. The first-order chi connectivity index (χ1) is 13.1. The Kier molecular flexibility index (Phi) is 6.80. The molecule has 1 atom stereocenters. The van der Waals surface area contributed by atoms with Gasteiger partial charge in [0.2, 0.25) is 15.9 Å². The molecule has 0 fully saturated rings. The van der Waals surface area contributed by atoms with Gasteiger partial charge in [-0.2, -0.15) is 0 Å². The lowest BCUT2D eigenvalue weighted by Crippen LogP contribution is -2.26. The van der Waals surface area contributed by atoms with Crippen molar-refractivity contribution in [3.63, 3.8) is 0 Å². The second-order valence-corrected chi connectivity index (χ2v) is 8.37. The van der Waals surface area contributed by atoms with Crippen molar-refractivity contribution in [3.05, 3.63) is 59.2 Å². The van der Waals surface area contributed by atoms with Crippen molar-refractivity contribution in [2.75, 3.05) is 16.3 Å². The number of sulfonamides is 1. The molecule has 7 nitrogen and oxygen atoms in total. The second-order valence-electron chi connectivity index (χ2n) is 6.62. The van der Waals surface area contributed by atoms with Crippen LogP contribution < -0.4 is 15.4 Å². The number of anilines is 2. The third kappa shape index (κ3) is 6.09. The van der Waals surface area contributed by atoms with E-state index in [4.69, 9.17) is 0 Å². The van der Waals surface area contributed by atoms with Gasteiger partial charge in [0, 0.05) is 17.7 Å². The average Bonchev–Trinajstić information content (AvgIpc) is 2.62. The highest BCUT2D eigenvalue weighted by Crippen LogP contribution is 2.20. The van der Waals surface area contributed by atoms with Gasteiger partial charge in [0.1, 0.15) is 0 Å². The second kappa shape index (κ2) is 8.88. The van der Waals surface area contributed by atoms with Crippen molar-refractivity contribution in [1.29, 1.82) is 0 Å². The Morgan fingerprint density at radius 1 is 1.07 bits per heavy atom. The largest absolute Gasteiger partial charge is 0.346 e. The molecule has 0 aliphatic carbocycles. The van der Waals surface area contributed by atoms with Crippen LogP contribution in [0.25, 0.3) is 0 Å². The van der Waals surface area contributed by atoms with Gasteiger partial charge >= 0.3 is 0 Å². The quantitative estimate of drug-likeness (QED) is 0.660. The van der Waals surface area contributed by atoms with Gasteiger partial charge in [0.05, 0.1) is 18.0 Å². The van der Waals surface area contributed by atoms with E-state index in [2.05, 4.69) is 15.4 Å². The zero-order valence-electron chi connectivity index (χ0n) is 16.4. The molecule has 0 bridgehead atoms. The fraction of sp³-hybridized carbons (Fsp3) is 0.300. The molecule has 0 heterocycles. The Morgan fingerprint density at radius 3 is 2.29 bits per heavy atom. The Labute approximate surface area is 165 Å². The molecule has 0 saturated heterocycles. The maximum Gasteiger partial charge on any atom is 0.251 e. The molecule has 2 aromatic rings. The van der Waals surface area contributed by atoms with Crippen molar-refractivity contribution in [2.45, 2.75) is 33.2 Å². The van der Waals surface area contributed by atoms with Crippen LogP contribution in [0.2, 0.25) is 0 Å². The summed E-state index contributed by atoms with van der Waals surface area (Å²) in [7, 11) is -3.43. The first-order valence-corrected chi connectivity index (χ1v) is 10.8. The van der Waals surface area contributed by atoms with E-state index in [9.17, 15) is 18.0 Å². The number of nitrogens with one attached hydrogen (secondary N) is 3. The molecule has 0 radical (unpaired) electrons. The Balaban J connectivity index is 2.09. The fourth-order valence-corrected chi connectivity index (χ4v) is 3.16. The highest BCUT2D eigenvalue weighted by Gasteiger charge is 2.14. The van der Waals surface area contributed by atoms with Crippen molar-refractivity contribution in [2.24, 2.45) is 0 Å². The zero-order chi connectivity index (χ0) is 20.9. The lowest BCUT2D eigenvalue weighted by molar-refractivity contribution is -0.115. The van der Waals surface area contributed by atoms with E-state index in [0.29, 0.717) is 23.4 Å². The summed E-state index contributed by atoms with van der Waals surface area (Å²) in [6.45, 7) is 5.39. The van der Waals surface area contributed by atoms with Gasteiger partial charge in [-0.15, -0.1) is 0 Å². The van der Waals surface area contributed by atoms with Crippen molar-refractivity contribution < 1.29 is 18.0 Å². The number of amides is 2. The predicted molar refractivity (Wildman–Crippen MR) is 111 cm³/mol. The molecule has 0 aliphatic rings. The zero-order valence-corrected chi connectivity index (χ0v) is 17.2. The number of aryl methyl sites for hydroxylation is 1. The molecule has 8 heteroatoms. The van der Waals surface area contributed by atoms with Crippen LogP contribution in [0.15, 0.2) is 42.5 Å². The molecule has 28 heavy (non-hydrogen) atoms. The van der Waals surface area contributed by atoms with Gasteiger partial charge in [-0.25, -0.2) is 8.42 Å². The Bertz CT molecular complexity index is 969. The maximum atomic E-state index is 12.6. The molecular formula is C20H25N3O4S. The standard InChI is InChI=1S/C20H25N3O4S/c1-5-19(24)22-17-10-8-15(9-11-17)14(3)21-20(25)16-7-6-13(2)18(12-16)23-28(4,26)27/h6-12,14,23H,5H2,1-4H3,(H,21,25)(H,22,24). The smallest absolute Gasteiger partial charge is 0.251 e. The summed E-state index contributed by atoms with van der Waals surface area (Å²) in [5.41, 5.74) is 3.03. The van der Waals surface area contributed by atoms with Crippen LogP contribution in [0.1, 0.15) is 47.8 Å². The Morgan fingerprint density at radius 2 is 1.71 bits per heavy atom. The molecule has 1 unspecified atom stereocenters. The van der Waals surface area contributed by atoms with Crippen LogP contribution in [0.5, 0.6) is 0 Å².